The molecule has 0 saturated heterocycles. The molecule has 0 amide bonds. The van der Waals surface area contributed by atoms with E-state index in [1.165, 1.54) is 4.57 Å². The summed E-state index contributed by atoms with van der Waals surface area (Å²) in [7, 11) is 1.67. The number of oxazole rings is 1. The molecule has 0 fully saturated rings. The Bertz CT molecular complexity index is 593. The van der Waals surface area contributed by atoms with Gasteiger partial charge in [-0.2, -0.15) is 0 Å². The van der Waals surface area contributed by atoms with Crippen molar-refractivity contribution in [2.75, 3.05) is 0 Å². The summed E-state index contributed by atoms with van der Waals surface area (Å²) >= 11 is 12.2. The summed E-state index contributed by atoms with van der Waals surface area (Å²) in [5, 5.41) is 1.18. The normalized spacial score (nSPS) is 10.8. The number of rotatable bonds is 2. The van der Waals surface area contributed by atoms with E-state index in [1.54, 1.807) is 32.2 Å². The van der Waals surface area contributed by atoms with Crippen molar-refractivity contribution >= 4 is 23.2 Å². The molecule has 1 heterocycles. The second kappa shape index (κ2) is 4.59. The highest BCUT2D eigenvalue weighted by molar-refractivity contribution is 6.36. The Morgan fingerprint density at radius 2 is 1.88 bits per heavy atom. The molecule has 3 nitrogen and oxygen atoms in total. The minimum absolute atomic E-state index is 0.374. The molecule has 0 atom stereocenters. The van der Waals surface area contributed by atoms with Crippen LogP contribution in [0.1, 0.15) is 17.0 Å². The zero-order chi connectivity index (χ0) is 12.6. The molecule has 1 aromatic heterocycles. The van der Waals surface area contributed by atoms with Gasteiger partial charge in [0.15, 0.2) is 0 Å². The zero-order valence-corrected chi connectivity index (χ0v) is 11.0. The Hall–Kier alpha value is -1.19. The molecule has 0 radical (unpaired) electrons. The van der Waals surface area contributed by atoms with Gasteiger partial charge < -0.3 is 4.42 Å². The number of nitrogens with zero attached hydrogens (tertiary/aromatic N) is 1. The first-order valence-electron chi connectivity index (χ1n) is 5.09. The van der Waals surface area contributed by atoms with Gasteiger partial charge in [-0.05, 0) is 24.6 Å². The molecule has 90 valence electrons. The van der Waals surface area contributed by atoms with Crippen LogP contribution < -0.4 is 5.76 Å². The third-order valence-corrected chi connectivity index (χ3v) is 3.44. The molecule has 2 rings (SSSR count). The summed E-state index contributed by atoms with van der Waals surface area (Å²) in [4.78, 5) is 11.4. The second-order valence-corrected chi connectivity index (χ2v) is 4.62. The number of benzene rings is 1. The van der Waals surface area contributed by atoms with Crippen LogP contribution in [-0.4, -0.2) is 4.57 Å². The number of aryl methyl sites for hydroxylation is 1. The molecule has 0 unspecified atom stereocenters. The highest BCUT2D eigenvalue weighted by atomic mass is 35.5. The van der Waals surface area contributed by atoms with Crippen LogP contribution in [0.4, 0.5) is 0 Å². The fourth-order valence-corrected chi connectivity index (χ4v) is 2.25. The lowest BCUT2D eigenvalue weighted by Crippen LogP contribution is -2.12. The number of aromatic nitrogens is 1. The Morgan fingerprint density at radius 3 is 2.35 bits per heavy atom. The van der Waals surface area contributed by atoms with Gasteiger partial charge in [0, 0.05) is 23.5 Å². The molecule has 5 heteroatoms. The Kier molecular flexibility index (Phi) is 3.31. The first kappa shape index (κ1) is 12.3. The topological polar surface area (TPSA) is 35.1 Å². The maximum atomic E-state index is 11.4. The number of hydrogen-bond donors (Lipinski definition) is 0. The van der Waals surface area contributed by atoms with Crippen molar-refractivity contribution in [3.8, 4) is 0 Å². The summed E-state index contributed by atoms with van der Waals surface area (Å²) in [5.41, 5.74) is 1.58. The van der Waals surface area contributed by atoms with Crippen LogP contribution in [0.15, 0.2) is 27.4 Å². The van der Waals surface area contributed by atoms with E-state index in [2.05, 4.69) is 0 Å². The molecule has 1 aromatic carbocycles. The van der Waals surface area contributed by atoms with Crippen LogP contribution in [0.3, 0.4) is 0 Å². The average molecular weight is 272 g/mol. The lowest BCUT2D eigenvalue weighted by molar-refractivity contribution is 0.472. The van der Waals surface area contributed by atoms with Crippen molar-refractivity contribution < 1.29 is 4.42 Å². The van der Waals surface area contributed by atoms with Crippen molar-refractivity contribution in [1.82, 2.24) is 4.57 Å². The first-order chi connectivity index (χ1) is 8.00. The number of hydrogen-bond acceptors (Lipinski definition) is 2. The van der Waals surface area contributed by atoms with Crippen LogP contribution in [0.5, 0.6) is 0 Å². The maximum Gasteiger partial charge on any atom is 0.419 e. The van der Waals surface area contributed by atoms with E-state index in [0.29, 0.717) is 22.2 Å². The van der Waals surface area contributed by atoms with Gasteiger partial charge in [0.1, 0.15) is 5.76 Å². The van der Waals surface area contributed by atoms with Gasteiger partial charge in [0.2, 0.25) is 0 Å². The average Bonchev–Trinajstić information content (AvgIpc) is 2.49. The smallest absolute Gasteiger partial charge is 0.413 e. The van der Waals surface area contributed by atoms with Gasteiger partial charge in [0.05, 0.1) is 5.69 Å². The van der Waals surface area contributed by atoms with Gasteiger partial charge in [-0.1, -0.05) is 29.3 Å². The fraction of sp³-hybridized carbons (Fsp3) is 0.250. The van der Waals surface area contributed by atoms with Crippen LogP contribution in [0.25, 0.3) is 0 Å². The van der Waals surface area contributed by atoms with E-state index < -0.39 is 0 Å². The molecule has 0 N–H and O–H groups in total. The van der Waals surface area contributed by atoms with Crippen LogP contribution in [-0.2, 0) is 13.5 Å². The standard InChI is InChI=1S/C12H11Cl2NO2/c1-7-11(15(2)12(16)17-7)6-8-9(13)4-3-5-10(8)14/h3-5H,6H2,1-2H3. The lowest BCUT2D eigenvalue weighted by atomic mass is 10.1. The molecule has 2 aromatic rings. The summed E-state index contributed by atoms with van der Waals surface area (Å²) < 4.78 is 6.49. The van der Waals surface area contributed by atoms with E-state index in [-0.39, 0.29) is 5.76 Å². The third kappa shape index (κ3) is 2.26. The SMILES string of the molecule is Cc1oc(=O)n(C)c1Cc1c(Cl)cccc1Cl. The van der Waals surface area contributed by atoms with Gasteiger partial charge in [-0.25, -0.2) is 4.79 Å². The quantitative estimate of drug-likeness (QED) is 0.841. The minimum atomic E-state index is -0.374. The molecule has 0 aliphatic carbocycles. The van der Waals surface area contributed by atoms with Crippen molar-refractivity contribution in [2.45, 2.75) is 13.3 Å². The summed E-state index contributed by atoms with van der Waals surface area (Å²) in [6, 6.07) is 5.34. The molecule has 0 bridgehead atoms. The molecule has 0 aliphatic heterocycles. The maximum absolute atomic E-state index is 11.4. The van der Waals surface area contributed by atoms with Crippen molar-refractivity contribution in [1.29, 1.82) is 0 Å². The molecular weight excluding hydrogens is 261 g/mol. The third-order valence-electron chi connectivity index (χ3n) is 2.73. The van der Waals surface area contributed by atoms with E-state index >= 15 is 0 Å². The van der Waals surface area contributed by atoms with Gasteiger partial charge in [-0.3, -0.25) is 4.57 Å². The fourth-order valence-electron chi connectivity index (χ4n) is 1.72. The Morgan fingerprint density at radius 1 is 1.29 bits per heavy atom. The Labute approximate surface area is 109 Å². The predicted octanol–water partition coefficient (Wildman–Crippen LogP) is 3.18. The van der Waals surface area contributed by atoms with Crippen LogP contribution in [0.2, 0.25) is 10.0 Å². The van der Waals surface area contributed by atoms with Gasteiger partial charge >= 0.3 is 5.76 Å². The lowest BCUT2D eigenvalue weighted by Gasteiger charge is -2.07. The molecule has 0 spiro atoms. The number of halogens is 2. The summed E-state index contributed by atoms with van der Waals surface area (Å²) in [6.07, 6.45) is 0.479. The van der Waals surface area contributed by atoms with Crippen LogP contribution in [0, 0.1) is 6.92 Å². The second-order valence-electron chi connectivity index (χ2n) is 3.81. The van der Waals surface area contributed by atoms with E-state index in [1.807, 2.05) is 0 Å². The molecule has 17 heavy (non-hydrogen) atoms. The van der Waals surface area contributed by atoms with Crippen LogP contribution >= 0.6 is 23.2 Å². The highest BCUT2D eigenvalue weighted by Gasteiger charge is 2.14. The first-order valence-corrected chi connectivity index (χ1v) is 5.84. The monoisotopic (exact) mass is 271 g/mol. The molecular formula is C12H11Cl2NO2. The van der Waals surface area contributed by atoms with E-state index in [0.717, 1.165) is 11.3 Å². The highest BCUT2D eigenvalue weighted by Crippen LogP contribution is 2.27. The molecule has 0 aliphatic rings. The van der Waals surface area contributed by atoms with E-state index in [4.69, 9.17) is 27.6 Å². The summed E-state index contributed by atoms with van der Waals surface area (Å²) in [6.45, 7) is 1.75. The molecule has 0 saturated carbocycles. The minimum Gasteiger partial charge on any atom is -0.413 e. The van der Waals surface area contributed by atoms with E-state index in [9.17, 15) is 4.79 Å². The van der Waals surface area contributed by atoms with Gasteiger partial charge in [-0.15, -0.1) is 0 Å². The van der Waals surface area contributed by atoms with Crippen molar-refractivity contribution in [2.24, 2.45) is 7.05 Å². The Balaban J connectivity index is 2.48. The summed E-state index contributed by atoms with van der Waals surface area (Å²) in [5.74, 6) is 0.217. The van der Waals surface area contributed by atoms with Crippen molar-refractivity contribution in [3.63, 3.8) is 0 Å². The largest absolute Gasteiger partial charge is 0.419 e. The van der Waals surface area contributed by atoms with Gasteiger partial charge in [0.25, 0.3) is 0 Å². The van der Waals surface area contributed by atoms with Crippen molar-refractivity contribution in [3.05, 3.63) is 55.8 Å². The predicted molar refractivity (Wildman–Crippen MR) is 68.0 cm³/mol. The zero-order valence-electron chi connectivity index (χ0n) is 9.46.